The van der Waals surface area contributed by atoms with Gasteiger partial charge in [0.1, 0.15) is 5.76 Å². The fraction of sp³-hybridized carbons (Fsp3) is 0.750. The van der Waals surface area contributed by atoms with Crippen molar-refractivity contribution in [3.05, 3.63) is 24.2 Å². The Morgan fingerprint density at radius 2 is 2.26 bits per heavy atom. The Bertz CT molecular complexity index is 397. The van der Waals surface area contributed by atoms with Crippen LogP contribution in [0.2, 0.25) is 0 Å². The van der Waals surface area contributed by atoms with Crippen LogP contribution in [0.25, 0.3) is 0 Å². The summed E-state index contributed by atoms with van der Waals surface area (Å²) in [5.41, 5.74) is 0.225. The van der Waals surface area contributed by atoms with Gasteiger partial charge in [-0.25, -0.2) is 0 Å². The number of ether oxygens (including phenoxy) is 1. The number of rotatable bonds is 6. The maximum atomic E-state index is 6.09. The third-order valence-corrected chi connectivity index (χ3v) is 4.52. The second-order valence-corrected chi connectivity index (χ2v) is 6.53. The minimum absolute atomic E-state index is 0.225. The summed E-state index contributed by atoms with van der Waals surface area (Å²) in [6, 6.07) is 4.61. The van der Waals surface area contributed by atoms with E-state index in [1.54, 1.807) is 6.26 Å². The molecule has 1 aliphatic carbocycles. The Morgan fingerprint density at radius 1 is 1.42 bits per heavy atom. The highest BCUT2D eigenvalue weighted by atomic mass is 16.5. The molecule has 1 saturated heterocycles. The summed E-state index contributed by atoms with van der Waals surface area (Å²) in [4.78, 5) is 0. The first-order chi connectivity index (χ1) is 9.20. The fourth-order valence-electron chi connectivity index (χ4n) is 3.35. The van der Waals surface area contributed by atoms with E-state index in [4.69, 9.17) is 9.15 Å². The van der Waals surface area contributed by atoms with Crippen molar-refractivity contribution in [1.82, 2.24) is 5.32 Å². The maximum absolute atomic E-state index is 6.09. The molecule has 0 aromatic carbocycles. The Kier molecular flexibility index (Phi) is 3.68. The lowest BCUT2D eigenvalue weighted by molar-refractivity contribution is 0.0276. The van der Waals surface area contributed by atoms with E-state index in [0.29, 0.717) is 12.1 Å². The second-order valence-electron chi connectivity index (χ2n) is 6.53. The van der Waals surface area contributed by atoms with Crippen LogP contribution in [0.1, 0.15) is 38.9 Å². The van der Waals surface area contributed by atoms with E-state index in [2.05, 4.69) is 25.2 Å². The molecule has 3 heteroatoms. The van der Waals surface area contributed by atoms with Gasteiger partial charge in [-0.2, -0.15) is 0 Å². The predicted octanol–water partition coefficient (Wildman–Crippen LogP) is 3.01. The molecule has 0 amide bonds. The van der Waals surface area contributed by atoms with Gasteiger partial charge in [-0.3, -0.25) is 0 Å². The summed E-state index contributed by atoms with van der Waals surface area (Å²) < 4.78 is 11.7. The highest BCUT2D eigenvalue weighted by Gasteiger charge is 2.51. The minimum Gasteiger partial charge on any atom is -0.469 e. The van der Waals surface area contributed by atoms with Crippen molar-refractivity contribution in [3.63, 3.8) is 0 Å². The monoisotopic (exact) mass is 263 g/mol. The van der Waals surface area contributed by atoms with Crippen molar-refractivity contribution in [2.75, 3.05) is 13.2 Å². The van der Waals surface area contributed by atoms with Gasteiger partial charge in [0, 0.05) is 31.0 Å². The highest BCUT2D eigenvalue weighted by molar-refractivity contribution is 5.09. The van der Waals surface area contributed by atoms with Gasteiger partial charge in [0.2, 0.25) is 0 Å². The van der Waals surface area contributed by atoms with Crippen molar-refractivity contribution in [1.29, 1.82) is 0 Å². The molecule has 2 heterocycles. The normalized spacial score (nSPS) is 31.2. The lowest BCUT2D eigenvalue weighted by Gasteiger charge is -2.35. The molecule has 2 fully saturated rings. The molecule has 1 aromatic rings. The minimum atomic E-state index is 0.225. The van der Waals surface area contributed by atoms with Crippen LogP contribution in [0, 0.1) is 11.3 Å². The smallest absolute Gasteiger partial charge is 0.104 e. The van der Waals surface area contributed by atoms with Gasteiger partial charge in [-0.05, 0) is 37.3 Å². The Balaban J connectivity index is 1.77. The first-order valence-corrected chi connectivity index (χ1v) is 7.57. The van der Waals surface area contributed by atoms with Gasteiger partial charge >= 0.3 is 0 Å². The first kappa shape index (κ1) is 13.2. The zero-order valence-corrected chi connectivity index (χ0v) is 12.0. The molecule has 19 heavy (non-hydrogen) atoms. The quantitative estimate of drug-likeness (QED) is 0.856. The lowest BCUT2D eigenvalue weighted by Crippen LogP contribution is -2.45. The molecule has 0 radical (unpaired) electrons. The topological polar surface area (TPSA) is 34.4 Å². The van der Waals surface area contributed by atoms with E-state index in [-0.39, 0.29) is 5.41 Å². The van der Waals surface area contributed by atoms with Crippen molar-refractivity contribution in [3.8, 4) is 0 Å². The summed E-state index contributed by atoms with van der Waals surface area (Å²) in [5.74, 6) is 1.88. The molecule has 3 rings (SSSR count). The van der Waals surface area contributed by atoms with E-state index in [1.165, 1.54) is 12.8 Å². The molecule has 3 nitrogen and oxygen atoms in total. The van der Waals surface area contributed by atoms with Crippen LogP contribution in [0.15, 0.2) is 22.8 Å². The fourth-order valence-corrected chi connectivity index (χ4v) is 3.35. The van der Waals surface area contributed by atoms with E-state index < -0.39 is 0 Å². The summed E-state index contributed by atoms with van der Waals surface area (Å²) >= 11 is 0. The van der Waals surface area contributed by atoms with Gasteiger partial charge in [-0.15, -0.1) is 0 Å². The number of hydrogen-bond donors (Lipinski definition) is 1. The van der Waals surface area contributed by atoms with Crippen LogP contribution in [0.4, 0.5) is 0 Å². The average molecular weight is 263 g/mol. The van der Waals surface area contributed by atoms with Gasteiger partial charge in [-0.1, -0.05) is 13.8 Å². The van der Waals surface area contributed by atoms with Gasteiger partial charge in [0.25, 0.3) is 0 Å². The molecule has 0 spiro atoms. The first-order valence-electron chi connectivity index (χ1n) is 7.57. The molecule has 2 atom stereocenters. The summed E-state index contributed by atoms with van der Waals surface area (Å²) in [6.07, 6.45) is 7.03. The average Bonchev–Trinajstić information content (AvgIpc) is 2.94. The largest absolute Gasteiger partial charge is 0.469 e. The SMILES string of the molecule is CC(C)NCC1(Cc2ccco2)CCOC1C1CC1. The number of hydrogen-bond acceptors (Lipinski definition) is 3. The maximum Gasteiger partial charge on any atom is 0.104 e. The van der Waals surface area contributed by atoms with Crippen LogP contribution < -0.4 is 5.32 Å². The zero-order chi connectivity index (χ0) is 13.3. The van der Waals surface area contributed by atoms with E-state index in [0.717, 1.165) is 37.7 Å². The molecule has 1 aromatic heterocycles. The van der Waals surface area contributed by atoms with Crippen LogP contribution in [-0.2, 0) is 11.2 Å². The standard InChI is InChI=1S/C16H25NO2/c1-12(2)17-11-16(10-14-4-3-8-18-14)7-9-19-15(16)13-5-6-13/h3-4,8,12-13,15,17H,5-7,9-11H2,1-2H3. The molecular weight excluding hydrogens is 238 g/mol. The summed E-state index contributed by atoms with van der Waals surface area (Å²) in [5, 5.41) is 3.63. The van der Waals surface area contributed by atoms with Crippen molar-refractivity contribution in [2.45, 2.75) is 51.7 Å². The molecule has 0 bridgehead atoms. The molecule has 1 N–H and O–H groups in total. The van der Waals surface area contributed by atoms with Gasteiger partial charge < -0.3 is 14.5 Å². The van der Waals surface area contributed by atoms with Crippen molar-refractivity contribution in [2.24, 2.45) is 11.3 Å². The molecule has 1 aliphatic heterocycles. The number of nitrogens with one attached hydrogen (secondary N) is 1. The Labute approximate surface area is 115 Å². The highest BCUT2D eigenvalue weighted by Crippen LogP contribution is 2.49. The lowest BCUT2D eigenvalue weighted by atomic mass is 9.75. The Morgan fingerprint density at radius 3 is 2.89 bits per heavy atom. The molecule has 106 valence electrons. The third kappa shape index (κ3) is 2.87. The summed E-state index contributed by atoms with van der Waals surface area (Å²) in [6.45, 7) is 6.36. The third-order valence-electron chi connectivity index (χ3n) is 4.52. The van der Waals surface area contributed by atoms with Crippen LogP contribution in [-0.4, -0.2) is 25.3 Å². The predicted molar refractivity (Wildman–Crippen MR) is 75.1 cm³/mol. The van der Waals surface area contributed by atoms with Gasteiger partial charge in [0.05, 0.1) is 12.4 Å². The van der Waals surface area contributed by atoms with E-state index >= 15 is 0 Å². The second kappa shape index (κ2) is 5.29. The number of furan rings is 1. The van der Waals surface area contributed by atoms with Crippen molar-refractivity contribution >= 4 is 0 Å². The molecule has 2 unspecified atom stereocenters. The molecule has 1 saturated carbocycles. The Hall–Kier alpha value is -0.800. The van der Waals surface area contributed by atoms with Crippen LogP contribution in [0.3, 0.4) is 0 Å². The molecular formula is C16H25NO2. The van der Waals surface area contributed by atoms with E-state index in [1.807, 2.05) is 6.07 Å². The van der Waals surface area contributed by atoms with Gasteiger partial charge in [0.15, 0.2) is 0 Å². The van der Waals surface area contributed by atoms with Crippen LogP contribution >= 0.6 is 0 Å². The molecule has 2 aliphatic rings. The van der Waals surface area contributed by atoms with E-state index in [9.17, 15) is 0 Å². The van der Waals surface area contributed by atoms with Crippen LogP contribution in [0.5, 0.6) is 0 Å². The summed E-state index contributed by atoms with van der Waals surface area (Å²) in [7, 11) is 0. The zero-order valence-electron chi connectivity index (χ0n) is 12.0. The van der Waals surface area contributed by atoms with Crippen molar-refractivity contribution < 1.29 is 9.15 Å².